The molecule has 2 heteroatoms. The van der Waals surface area contributed by atoms with Crippen LogP contribution in [0.25, 0.3) is 0 Å². The summed E-state index contributed by atoms with van der Waals surface area (Å²) < 4.78 is 0. The van der Waals surface area contributed by atoms with Gasteiger partial charge in [0.15, 0.2) is 5.78 Å². The molecule has 0 aromatic rings. The van der Waals surface area contributed by atoms with E-state index in [1.165, 1.54) is 0 Å². The van der Waals surface area contributed by atoms with Crippen molar-refractivity contribution < 1.29 is 9.90 Å². The summed E-state index contributed by atoms with van der Waals surface area (Å²) in [4.78, 5) is 11.7. The van der Waals surface area contributed by atoms with E-state index < -0.39 is 0 Å². The highest BCUT2D eigenvalue weighted by atomic mass is 16.2. The lowest BCUT2D eigenvalue weighted by Crippen LogP contribution is -2.24. The molecule has 0 spiro atoms. The number of hydrogen-bond acceptors (Lipinski definition) is 2. The van der Waals surface area contributed by atoms with E-state index in [1.807, 2.05) is 13.8 Å². The fraction of sp³-hybridized carbons (Fsp3) is 0.533. The fourth-order valence-electron chi connectivity index (χ4n) is 2.01. The van der Waals surface area contributed by atoms with Crippen LogP contribution in [0.5, 0.6) is 0 Å². The topological polar surface area (TPSA) is 37.3 Å². The zero-order valence-electron chi connectivity index (χ0n) is 11.0. The summed E-state index contributed by atoms with van der Waals surface area (Å²) >= 11 is 0. The van der Waals surface area contributed by atoms with E-state index in [1.54, 1.807) is 6.08 Å². The second-order valence-corrected chi connectivity index (χ2v) is 5.21. The van der Waals surface area contributed by atoms with Gasteiger partial charge in [-0.25, -0.2) is 0 Å². The molecule has 1 unspecified atom stereocenters. The Balaban J connectivity index is 3.08. The average Bonchev–Trinajstić information content (AvgIpc) is 2.24. The molecule has 0 bridgehead atoms. The normalized spacial score (nSPS) is 21.3. The highest BCUT2D eigenvalue weighted by Gasteiger charge is 2.31. The van der Waals surface area contributed by atoms with Crippen LogP contribution in [0.3, 0.4) is 0 Å². The molecule has 0 aliphatic heterocycles. The van der Waals surface area contributed by atoms with Crippen molar-refractivity contribution in [2.24, 2.45) is 11.3 Å². The van der Waals surface area contributed by atoms with E-state index in [9.17, 15) is 4.79 Å². The van der Waals surface area contributed by atoms with E-state index in [2.05, 4.69) is 25.7 Å². The third-order valence-electron chi connectivity index (χ3n) is 3.25. The van der Waals surface area contributed by atoms with E-state index >= 15 is 0 Å². The van der Waals surface area contributed by atoms with Gasteiger partial charge in [0, 0.05) is 23.5 Å². The number of hydrogen-bond donors (Lipinski definition) is 1. The van der Waals surface area contributed by atoms with Crippen molar-refractivity contribution in [2.45, 2.75) is 40.5 Å². The van der Waals surface area contributed by atoms with Crippen LogP contribution in [0.2, 0.25) is 0 Å². The van der Waals surface area contributed by atoms with Crippen LogP contribution in [0.4, 0.5) is 0 Å². The minimum Gasteiger partial charge on any atom is -0.516 e. The molecule has 1 N–H and O–H groups in total. The number of carbonyl (C=O) groups is 1. The van der Waals surface area contributed by atoms with Crippen molar-refractivity contribution in [3.05, 3.63) is 23.5 Å². The fourth-order valence-corrected chi connectivity index (χ4v) is 2.01. The maximum absolute atomic E-state index is 11.7. The Hall–Kier alpha value is -1.49. The van der Waals surface area contributed by atoms with Crippen molar-refractivity contribution in [1.29, 1.82) is 0 Å². The van der Waals surface area contributed by atoms with Gasteiger partial charge in [0.2, 0.25) is 0 Å². The summed E-state index contributed by atoms with van der Waals surface area (Å²) in [6.45, 7) is 8.02. The van der Waals surface area contributed by atoms with Crippen LogP contribution < -0.4 is 0 Å². The molecule has 0 radical (unpaired) electrons. The predicted octanol–water partition coefficient (Wildman–Crippen LogP) is 3.40. The smallest absolute Gasteiger partial charge is 0.159 e. The quantitative estimate of drug-likeness (QED) is 0.555. The Kier molecular flexibility index (Phi) is 4.17. The first-order chi connectivity index (χ1) is 7.88. The number of Topliss-reactive ketones (excluding diaryl/α,β-unsaturated/α-hetero) is 1. The zero-order chi connectivity index (χ0) is 13.1. The average molecular weight is 232 g/mol. The molecule has 2 nitrogen and oxygen atoms in total. The van der Waals surface area contributed by atoms with Gasteiger partial charge in [-0.3, -0.25) is 4.79 Å². The molecule has 0 saturated carbocycles. The van der Waals surface area contributed by atoms with Crippen molar-refractivity contribution in [1.82, 2.24) is 0 Å². The molecular formula is C15H20O2. The lowest BCUT2D eigenvalue weighted by atomic mass is 9.72. The van der Waals surface area contributed by atoms with E-state index in [0.717, 1.165) is 23.8 Å². The zero-order valence-corrected chi connectivity index (χ0v) is 11.0. The summed E-state index contributed by atoms with van der Waals surface area (Å²) in [5, 5.41) is 8.66. The number of aliphatic hydroxyl groups is 1. The molecule has 0 saturated heterocycles. The highest BCUT2D eigenvalue weighted by molar-refractivity contribution is 5.97. The summed E-state index contributed by atoms with van der Waals surface area (Å²) in [6, 6.07) is 0. The molecule has 17 heavy (non-hydrogen) atoms. The first kappa shape index (κ1) is 13.6. The third kappa shape index (κ3) is 3.23. The molecule has 0 aromatic carbocycles. The monoisotopic (exact) mass is 232 g/mol. The van der Waals surface area contributed by atoms with Gasteiger partial charge in [-0.15, -0.1) is 0 Å². The number of aliphatic hydroxyl groups excluding tert-OH is 1. The van der Waals surface area contributed by atoms with E-state index in [-0.39, 0.29) is 17.1 Å². The van der Waals surface area contributed by atoms with Gasteiger partial charge in [0.05, 0.1) is 6.26 Å². The second kappa shape index (κ2) is 5.23. The van der Waals surface area contributed by atoms with Crippen LogP contribution in [0.15, 0.2) is 23.5 Å². The Morgan fingerprint density at radius 1 is 1.47 bits per heavy atom. The lowest BCUT2D eigenvalue weighted by Gasteiger charge is -2.30. The van der Waals surface area contributed by atoms with Gasteiger partial charge in [-0.1, -0.05) is 25.7 Å². The molecule has 92 valence electrons. The Morgan fingerprint density at radius 3 is 2.71 bits per heavy atom. The van der Waals surface area contributed by atoms with Gasteiger partial charge in [-0.05, 0) is 31.8 Å². The second-order valence-electron chi connectivity index (χ2n) is 5.21. The van der Waals surface area contributed by atoms with Crippen molar-refractivity contribution in [3.8, 4) is 11.8 Å². The first-order valence-corrected chi connectivity index (χ1v) is 5.95. The number of allylic oxidation sites excluding steroid dienone is 3. The highest BCUT2D eigenvalue weighted by Crippen LogP contribution is 2.38. The van der Waals surface area contributed by atoms with Gasteiger partial charge < -0.3 is 5.11 Å². The first-order valence-electron chi connectivity index (χ1n) is 5.95. The molecule has 0 amide bonds. The standard InChI is InChI=1S/C15H20O2/c1-11(8-10-16)5-6-13-12(2)14(17)7-9-15(13,3)4/h8,10-11,16H,7,9H2,1-4H3. The van der Waals surface area contributed by atoms with Crippen molar-refractivity contribution >= 4 is 5.78 Å². The van der Waals surface area contributed by atoms with Gasteiger partial charge >= 0.3 is 0 Å². The van der Waals surface area contributed by atoms with Crippen molar-refractivity contribution in [2.75, 3.05) is 0 Å². The lowest BCUT2D eigenvalue weighted by molar-refractivity contribution is -0.116. The van der Waals surface area contributed by atoms with E-state index in [0.29, 0.717) is 6.42 Å². The number of ketones is 1. The Morgan fingerprint density at radius 2 is 2.12 bits per heavy atom. The van der Waals surface area contributed by atoms with E-state index in [4.69, 9.17) is 5.11 Å². The molecule has 1 rings (SSSR count). The SMILES string of the molecule is CC1=C(C#CC(C)C=CO)C(C)(C)CCC1=O. The summed E-state index contributed by atoms with van der Waals surface area (Å²) in [6.07, 6.45) is 4.12. The minimum absolute atomic E-state index is 0.00636. The van der Waals surface area contributed by atoms with Crippen molar-refractivity contribution in [3.63, 3.8) is 0 Å². The van der Waals surface area contributed by atoms with Gasteiger partial charge in [0.25, 0.3) is 0 Å². The largest absolute Gasteiger partial charge is 0.516 e. The summed E-state index contributed by atoms with van der Waals surface area (Å²) in [5.74, 6) is 6.38. The Labute approximate surface area is 103 Å². The van der Waals surface area contributed by atoms with Gasteiger partial charge in [-0.2, -0.15) is 0 Å². The predicted molar refractivity (Wildman–Crippen MR) is 69.4 cm³/mol. The Bertz CT molecular complexity index is 428. The van der Waals surface area contributed by atoms with Crippen LogP contribution in [0, 0.1) is 23.2 Å². The van der Waals surface area contributed by atoms with Crippen LogP contribution >= 0.6 is 0 Å². The summed E-state index contributed by atoms with van der Waals surface area (Å²) in [5.41, 5.74) is 1.73. The van der Waals surface area contributed by atoms with Crippen LogP contribution in [0.1, 0.15) is 40.5 Å². The molecule has 1 atom stereocenters. The number of carbonyl (C=O) groups excluding carboxylic acids is 1. The molecule has 0 heterocycles. The molecule has 0 aromatic heterocycles. The maximum atomic E-state index is 11.7. The molecule has 0 fully saturated rings. The number of rotatable bonds is 1. The maximum Gasteiger partial charge on any atom is 0.159 e. The van der Waals surface area contributed by atoms with Gasteiger partial charge in [0.1, 0.15) is 0 Å². The summed E-state index contributed by atoms with van der Waals surface area (Å²) in [7, 11) is 0. The minimum atomic E-state index is -0.0202. The van der Waals surface area contributed by atoms with Crippen LogP contribution in [-0.2, 0) is 4.79 Å². The molecular weight excluding hydrogens is 212 g/mol. The molecule has 1 aliphatic carbocycles. The van der Waals surface area contributed by atoms with Crippen LogP contribution in [-0.4, -0.2) is 10.9 Å². The third-order valence-corrected chi connectivity index (χ3v) is 3.25. The molecule has 1 aliphatic rings.